The van der Waals surface area contributed by atoms with Crippen molar-refractivity contribution in [3.8, 4) is 56.4 Å². The van der Waals surface area contributed by atoms with E-state index in [1.54, 1.807) is 0 Å². The number of hydrogen-bond donors (Lipinski definition) is 0. The first-order valence-corrected chi connectivity index (χ1v) is 20.8. The maximum Gasteiger partial charge on any atom is 0.164 e. The summed E-state index contributed by atoms with van der Waals surface area (Å²) in [7, 11) is 0. The first-order chi connectivity index (χ1) is 30.7. The number of furan rings is 2. The lowest BCUT2D eigenvalue weighted by molar-refractivity contribution is 0.669. The molecule has 13 aromatic rings. The molecule has 10 aromatic carbocycles. The van der Waals surface area contributed by atoms with Gasteiger partial charge in [0, 0.05) is 38.2 Å². The lowest BCUT2D eigenvalue weighted by atomic mass is 9.93. The van der Waals surface area contributed by atoms with E-state index in [0.717, 1.165) is 98.6 Å². The molecule has 0 bridgehead atoms. The van der Waals surface area contributed by atoms with E-state index in [0.29, 0.717) is 17.5 Å². The number of aromatic nitrogens is 3. The van der Waals surface area contributed by atoms with Crippen LogP contribution in [0.5, 0.6) is 0 Å². The van der Waals surface area contributed by atoms with E-state index in [4.69, 9.17) is 23.8 Å². The number of nitrogens with zero attached hydrogens (tertiary/aromatic N) is 3. The topological polar surface area (TPSA) is 65.0 Å². The smallest absolute Gasteiger partial charge is 0.164 e. The van der Waals surface area contributed by atoms with Gasteiger partial charge in [-0.3, -0.25) is 0 Å². The van der Waals surface area contributed by atoms with Crippen molar-refractivity contribution in [3.63, 3.8) is 0 Å². The fraction of sp³-hybridized carbons (Fsp3) is 0. The van der Waals surface area contributed by atoms with Gasteiger partial charge in [0.05, 0.1) is 0 Å². The molecular weight excluding hydrogens is 759 g/mol. The van der Waals surface area contributed by atoms with Crippen molar-refractivity contribution in [1.82, 2.24) is 15.0 Å². The van der Waals surface area contributed by atoms with E-state index in [-0.39, 0.29) is 0 Å². The van der Waals surface area contributed by atoms with Crippen LogP contribution in [-0.2, 0) is 0 Å². The standard InChI is InChI=1S/C57H33N3O2/c1-2-11-34(12-3-1)35-21-22-37-30-40(26-24-36(37)29-35)55-58-56(60-57(59-55)48-17-10-20-52-54(48)47-16-7-9-19-51(47)61-52)46-28-27-42(43-13-4-5-14-44(43)46)39-25-23-38-32-49-45-15-6-8-18-50(45)62-53(49)33-41(38)31-39/h1-33H. The van der Waals surface area contributed by atoms with E-state index in [9.17, 15) is 0 Å². The molecule has 0 spiro atoms. The van der Waals surface area contributed by atoms with Crippen LogP contribution < -0.4 is 0 Å². The van der Waals surface area contributed by atoms with Gasteiger partial charge >= 0.3 is 0 Å². The van der Waals surface area contributed by atoms with E-state index < -0.39 is 0 Å². The largest absolute Gasteiger partial charge is 0.456 e. The maximum absolute atomic E-state index is 6.33. The van der Waals surface area contributed by atoms with Crippen molar-refractivity contribution in [2.24, 2.45) is 0 Å². The van der Waals surface area contributed by atoms with Gasteiger partial charge in [-0.2, -0.15) is 0 Å². The molecule has 3 aromatic heterocycles. The third kappa shape index (κ3) is 5.52. The van der Waals surface area contributed by atoms with Crippen LogP contribution in [0.15, 0.2) is 209 Å². The maximum atomic E-state index is 6.33. The molecule has 3 heterocycles. The van der Waals surface area contributed by atoms with Crippen molar-refractivity contribution in [2.75, 3.05) is 0 Å². The van der Waals surface area contributed by atoms with Gasteiger partial charge in [-0.15, -0.1) is 0 Å². The average molecular weight is 792 g/mol. The van der Waals surface area contributed by atoms with Gasteiger partial charge in [0.2, 0.25) is 0 Å². The molecular formula is C57H33N3O2. The molecule has 0 amide bonds. The molecule has 0 N–H and O–H groups in total. The van der Waals surface area contributed by atoms with Crippen LogP contribution in [0.3, 0.4) is 0 Å². The molecule has 5 nitrogen and oxygen atoms in total. The van der Waals surface area contributed by atoms with Gasteiger partial charge in [0.15, 0.2) is 17.5 Å². The van der Waals surface area contributed by atoms with Crippen LogP contribution >= 0.6 is 0 Å². The number of fused-ring (bicyclic) bond motifs is 9. The van der Waals surface area contributed by atoms with E-state index in [2.05, 4.69) is 152 Å². The summed E-state index contributed by atoms with van der Waals surface area (Å²) < 4.78 is 12.6. The second-order valence-corrected chi connectivity index (χ2v) is 15.9. The van der Waals surface area contributed by atoms with E-state index in [1.165, 1.54) is 16.5 Å². The summed E-state index contributed by atoms with van der Waals surface area (Å²) in [6, 6.07) is 70.0. The van der Waals surface area contributed by atoms with Crippen LogP contribution in [0.4, 0.5) is 0 Å². The molecule has 288 valence electrons. The first kappa shape index (κ1) is 34.5. The van der Waals surface area contributed by atoms with Gasteiger partial charge in [-0.25, -0.2) is 15.0 Å². The Morgan fingerprint density at radius 1 is 0.258 bits per heavy atom. The zero-order valence-electron chi connectivity index (χ0n) is 33.2. The van der Waals surface area contributed by atoms with Crippen LogP contribution in [-0.4, -0.2) is 15.0 Å². The summed E-state index contributed by atoms with van der Waals surface area (Å²) in [4.78, 5) is 15.8. The van der Waals surface area contributed by atoms with Crippen molar-refractivity contribution >= 4 is 76.2 Å². The minimum absolute atomic E-state index is 0.585. The molecule has 13 rings (SSSR count). The summed E-state index contributed by atoms with van der Waals surface area (Å²) in [5.74, 6) is 1.78. The number of para-hydroxylation sites is 2. The second kappa shape index (κ2) is 13.6. The Labute approximate surface area is 355 Å². The van der Waals surface area contributed by atoms with Gasteiger partial charge < -0.3 is 8.83 Å². The molecule has 0 radical (unpaired) electrons. The lowest BCUT2D eigenvalue weighted by Gasteiger charge is -2.14. The lowest BCUT2D eigenvalue weighted by Crippen LogP contribution is -2.01. The van der Waals surface area contributed by atoms with Gasteiger partial charge in [0.1, 0.15) is 22.3 Å². The summed E-state index contributed by atoms with van der Waals surface area (Å²) >= 11 is 0. The molecule has 62 heavy (non-hydrogen) atoms. The highest BCUT2D eigenvalue weighted by molar-refractivity contribution is 6.13. The fourth-order valence-corrected chi connectivity index (χ4v) is 9.28. The van der Waals surface area contributed by atoms with Crippen molar-refractivity contribution in [1.29, 1.82) is 0 Å². The number of benzene rings is 10. The summed E-state index contributed by atoms with van der Waals surface area (Å²) in [5.41, 5.74) is 10.8. The van der Waals surface area contributed by atoms with Crippen LogP contribution in [0.1, 0.15) is 0 Å². The van der Waals surface area contributed by atoms with E-state index >= 15 is 0 Å². The predicted octanol–water partition coefficient (Wildman–Crippen LogP) is 15.5. The molecule has 0 atom stereocenters. The number of rotatable bonds is 5. The normalized spacial score (nSPS) is 11.9. The summed E-state index contributed by atoms with van der Waals surface area (Å²) in [6.07, 6.45) is 0. The molecule has 0 aliphatic rings. The van der Waals surface area contributed by atoms with Gasteiger partial charge in [0.25, 0.3) is 0 Å². The zero-order chi connectivity index (χ0) is 40.7. The second-order valence-electron chi connectivity index (χ2n) is 15.9. The summed E-state index contributed by atoms with van der Waals surface area (Å²) in [5, 5.41) is 11.0. The molecule has 0 aliphatic carbocycles. The highest BCUT2D eigenvalue weighted by Crippen LogP contribution is 2.40. The van der Waals surface area contributed by atoms with Crippen molar-refractivity contribution < 1.29 is 8.83 Å². The first-order valence-electron chi connectivity index (χ1n) is 20.8. The average Bonchev–Trinajstić information content (AvgIpc) is 3.90. The number of hydrogen-bond acceptors (Lipinski definition) is 5. The zero-order valence-corrected chi connectivity index (χ0v) is 33.2. The SMILES string of the molecule is c1ccc(-c2ccc3cc(-c4nc(-c5ccc(-c6ccc7cc8c(cc7c6)oc6ccccc68)c6ccccc56)nc(-c5cccc6oc7ccccc7c56)n4)ccc3c2)cc1. The quantitative estimate of drug-likeness (QED) is 0.174. The van der Waals surface area contributed by atoms with Crippen LogP contribution in [0.25, 0.3) is 133 Å². The van der Waals surface area contributed by atoms with Crippen LogP contribution in [0.2, 0.25) is 0 Å². The highest BCUT2D eigenvalue weighted by atomic mass is 16.3. The molecule has 0 unspecified atom stereocenters. The highest BCUT2D eigenvalue weighted by Gasteiger charge is 2.20. The Balaban J connectivity index is 0.986. The third-order valence-corrected chi connectivity index (χ3v) is 12.3. The Hall–Kier alpha value is -8.41. The minimum atomic E-state index is 0.585. The minimum Gasteiger partial charge on any atom is -0.456 e. The Kier molecular flexibility index (Phi) is 7.54. The Morgan fingerprint density at radius 3 is 1.61 bits per heavy atom. The van der Waals surface area contributed by atoms with Crippen LogP contribution in [0, 0.1) is 0 Å². The third-order valence-electron chi connectivity index (χ3n) is 12.3. The monoisotopic (exact) mass is 791 g/mol. The van der Waals surface area contributed by atoms with Crippen molar-refractivity contribution in [2.45, 2.75) is 0 Å². The molecule has 0 aliphatic heterocycles. The molecule has 0 fully saturated rings. The molecule has 5 heteroatoms. The molecule has 0 saturated heterocycles. The van der Waals surface area contributed by atoms with Gasteiger partial charge in [-0.1, -0.05) is 146 Å². The molecule has 0 saturated carbocycles. The predicted molar refractivity (Wildman–Crippen MR) is 254 cm³/mol. The Morgan fingerprint density at radius 2 is 0.806 bits per heavy atom. The fourth-order valence-electron chi connectivity index (χ4n) is 9.28. The van der Waals surface area contributed by atoms with Crippen molar-refractivity contribution in [3.05, 3.63) is 200 Å². The van der Waals surface area contributed by atoms with E-state index in [1.807, 2.05) is 48.5 Å². The Bertz CT molecular complexity index is 3940. The summed E-state index contributed by atoms with van der Waals surface area (Å²) in [6.45, 7) is 0. The van der Waals surface area contributed by atoms with Gasteiger partial charge in [-0.05, 0) is 109 Å².